The number of likely N-dealkylation sites (tertiary alicyclic amines) is 1. The molecule has 7 heteroatoms. The maximum Gasteiger partial charge on any atom is 0.410 e. The van der Waals surface area contributed by atoms with E-state index in [0.717, 1.165) is 29.9 Å². The molecule has 7 nitrogen and oxygen atoms in total. The second-order valence-electron chi connectivity index (χ2n) is 9.34. The third kappa shape index (κ3) is 4.73. The first kappa shape index (κ1) is 23.7. The lowest BCUT2D eigenvalue weighted by atomic mass is 9.74. The first-order chi connectivity index (χ1) is 17.5. The Bertz CT molecular complexity index is 1250. The van der Waals surface area contributed by atoms with Gasteiger partial charge in [-0.05, 0) is 61.2 Å². The third-order valence-corrected chi connectivity index (χ3v) is 6.99. The predicted octanol–water partition coefficient (Wildman–Crippen LogP) is 5.76. The third-order valence-electron chi connectivity index (χ3n) is 6.99. The molecule has 2 aromatic carbocycles. The number of ether oxygens (including phenoxy) is 1. The molecule has 0 bridgehead atoms. The number of piperidine rings is 1. The van der Waals surface area contributed by atoms with E-state index in [4.69, 9.17) is 9.15 Å². The number of amides is 2. The SMILES string of the molecule is C=CCOC(=O)N1CCC[C@H]2C(c3ccccc3)Nc3ccc(C(=O)NCc4ccc(C)o4)cc3C21. The highest BCUT2D eigenvalue weighted by Gasteiger charge is 2.44. The van der Waals surface area contributed by atoms with Crippen molar-refractivity contribution in [3.63, 3.8) is 0 Å². The molecule has 2 amide bonds. The zero-order valence-corrected chi connectivity index (χ0v) is 20.4. The molecule has 2 aliphatic heterocycles. The van der Waals surface area contributed by atoms with Crippen LogP contribution in [0.15, 0.2) is 77.7 Å². The highest BCUT2D eigenvalue weighted by molar-refractivity contribution is 5.95. The predicted molar refractivity (Wildman–Crippen MR) is 138 cm³/mol. The van der Waals surface area contributed by atoms with Crippen LogP contribution in [0.4, 0.5) is 10.5 Å². The Morgan fingerprint density at radius 2 is 2.03 bits per heavy atom. The Morgan fingerprint density at radius 1 is 1.19 bits per heavy atom. The van der Waals surface area contributed by atoms with E-state index in [-0.39, 0.29) is 36.6 Å². The number of rotatable bonds is 6. The number of carbonyl (C=O) groups is 2. The second kappa shape index (κ2) is 10.3. The molecule has 5 rings (SSSR count). The lowest BCUT2D eigenvalue weighted by Gasteiger charge is -2.48. The Labute approximate surface area is 211 Å². The van der Waals surface area contributed by atoms with Gasteiger partial charge in [-0.15, -0.1) is 0 Å². The number of fused-ring (bicyclic) bond motifs is 3. The van der Waals surface area contributed by atoms with Gasteiger partial charge in [-0.2, -0.15) is 0 Å². The maximum absolute atomic E-state index is 13.1. The van der Waals surface area contributed by atoms with Crippen molar-refractivity contribution in [3.8, 4) is 0 Å². The second-order valence-corrected chi connectivity index (χ2v) is 9.34. The molecule has 0 saturated carbocycles. The van der Waals surface area contributed by atoms with Gasteiger partial charge >= 0.3 is 6.09 Å². The Kier molecular flexibility index (Phi) is 6.80. The largest absolute Gasteiger partial charge is 0.465 e. The monoisotopic (exact) mass is 485 g/mol. The van der Waals surface area contributed by atoms with Crippen molar-refractivity contribution < 1.29 is 18.7 Å². The Morgan fingerprint density at radius 3 is 2.78 bits per heavy atom. The summed E-state index contributed by atoms with van der Waals surface area (Å²) in [6.45, 7) is 6.61. The summed E-state index contributed by atoms with van der Waals surface area (Å²) in [5.41, 5.74) is 3.58. The molecule has 0 spiro atoms. The molecule has 186 valence electrons. The van der Waals surface area contributed by atoms with Gasteiger partial charge in [0, 0.05) is 23.7 Å². The summed E-state index contributed by atoms with van der Waals surface area (Å²) < 4.78 is 11.0. The zero-order chi connectivity index (χ0) is 25.1. The van der Waals surface area contributed by atoms with E-state index in [0.29, 0.717) is 24.4 Å². The van der Waals surface area contributed by atoms with E-state index in [9.17, 15) is 9.59 Å². The molecule has 2 aliphatic rings. The summed E-state index contributed by atoms with van der Waals surface area (Å²) in [5, 5.41) is 6.63. The smallest absolute Gasteiger partial charge is 0.410 e. The summed E-state index contributed by atoms with van der Waals surface area (Å²) in [6.07, 6.45) is 3.06. The van der Waals surface area contributed by atoms with Gasteiger partial charge < -0.3 is 24.7 Å². The summed E-state index contributed by atoms with van der Waals surface area (Å²) in [4.78, 5) is 27.9. The molecular formula is C29H31N3O4. The van der Waals surface area contributed by atoms with Crippen molar-refractivity contribution in [2.45, 2.75) is 38.4 Å². The highest BCUT2D eigenvalue weighted by atomic mass is 16.6. The van der Waals surface area contributed by atoms with Crippen LogP contribution < -0.4 is 10.6 Å². The van der Waals surface area contributed by atoms with Crippen molar-refractivity contribution in [1.29, 1.82) is 0 Å². The highest BCUT2D eigenvalue weighted by Crippen LogP contribution is 2.50. The molecule has 1 fully saturated rings. The lowest BCUT2D eigenvalue weighted by Crippen LogP contribution is -2.48. The van der Waals surface area contributed by atoms with Gasteiger partial charge in [0.15, 0.2) is 0 Å². The quantitative estimate of drug-likeness (QED) is 0.434. The minimum Gasteiger partial charge on any atom is -0.465 e. The summed E-state index contributed by atoms with van der Waals surface area (Å²) in [6, 6.07) is 19.5. The van der Waals surface area contributed by atoms with Gasteiger partial charge in [-0.3, -0.25) is 4.79 Å². The van der Waals surface area contributed by atoms with Crippen LogP contribution in [0.2, 0.25) is 0 Å². The standard InChI is InChI=1S/C29H31N3O4/c1-3-16-35-29(34)32-15-7-10-23-26(20-8-5-4-6-9-20)31-25-14-12-21(17-24(25)27(23)32)28(33)30-18-22-13-11-19(2)36-22/h3-6,8-9,11-14,17,23,26-27,31H,1,7,10,15-16,18H2,2H3,(H,30,33)/t23-,26?,27?/m0/s1. The normalized spacial score (nSPS) is 20.5. The number of aryl methyl sites for hydroxylation is 1. The number of nitrogens with one attached hydrogen (secondary N) is 2. The molecule has 0 radical (unpaired) electrons. The molecule has 3 aromatic rings. The van der Waals surface area contributed by atoms with E-state index >= 15 is 0 Å². The molecule has 2 N–H and O–H groups in total. The van der Waals surface area contributed by atoms with Crippen molar-refractivity contribution >= 4 is 17.7 Å². The van der Waals surface area contributed by atoms with Gasteiger partial charge in [0.05, 0.1) is 18.6 Å². The molecule has 1 saturated heterocycles. The fourth-order valence-electron chi connectivity index (χ4n) is 5.39. The van der Waals surface area contributed by atoms with Crippen LogP contribution >= 0.6 is 0 Å². The van der Waals surface area contributed by atoms with Crippen molar-refractivity contribution in [2.75, 3.05) is 18.5 Å². The van der Waals surface area contributed by atoms with Crippen LogP contribution in [0.3, 0.4) is 0 Å². The molecule has 0 aliphatic carbocycles. The van der Waals surface area contributed by atoms with Crippen molar-refractivity contribution in [2.24, 2.45) is 5.92 Å². The topological polar surface area (TPSA) is 83.8 Å². The van der Waals surface area contributed by atoms with Crippen LogP contribution in [-0.2, 0) is 11.3 Å². The van der Waals surface area contributed by atoms with Crippen molar-refractivity contribution in [1.82, 2.24) is 10.2 Å². The Balaban J connectivity index is 1.48. The van der Waals surface area contributed by atoms with Gasteiger partial charge in [0.2, 0.25) is 0 Å². The molecule has 3 heterocycles. The van der Waals surface area contributed by atoms with Gasteiger partial charge in [-0.1, -0.05) is 43.0 Å². The number of benzene rings is 2. The number of hydrogen-bond acceptors (Lipinski definition) is 5. The number of hydrogen-bond donors (Lipinski definition) is 2. The minimum atomic E-state index is -0.354. The van der Waals surface area contributed by atoms with Crippen molar-refractivity contribution in [3.05, 3.63) is 102 Å². The molecule has 1 aromatic heterocycles. The first-order valence-corrected chi connectivity index (χ1v) is 12.4. The molecule has 3 atom stereocenters. The zero-order valence-electron chi connectivity index (χ0n) is 20.4. The van der Waals surface area contributed by atoms with Gasteiger partial charge in [-0.25, -0.2) is 4.79 Å². The van der Waals surface area contributed by atoms with E-state index < -0.39 is 0 Å². The molecule has 36 heavy (non-hydrogen) atoms. The van der Waals surface area contributed by atoms with Crippen LogP contribution in [0.25, 0.3) is 0 Å². The average Bonchev–Trinajstić information content (AvgIpc) is 3.34. The van der Waals surface area contributed by atoms with Gasteiger partial charge in [0.1, 0.15) is 18.1 Å². The fourth-order valence-corrected chi connectivity index (χ4v) is 5.39. The number of nitrogens with zero attached hydrogens (tertiary/aromatic N) is 1. The van der Waals surface area contributed by atoms with E-state index in [1.165, 1.54) is 5.56 Å². The lowest BCUT2D eigenvalue weighted by molar-refractivity contribution is 0.0505. The van der Waals surface area contributed by atoms with Crippen LogP contribution in [-0.4, -0.2) is 30.1 Å². The van der Waals surface area contributed by atoms with Crippen LogP contribution in [0.1, 0.15) is 57.9 Å². The summed E-state index contributed by atoms with van der Waals surface area (Å²) in [7, 11) is 0. The molecule has 2 unspecified atom stereocenters. The molecular weight excluding hydrogens is 454 g/mol. The van der Waals surface area contributed by atoms with E-state index in [1.807, 2.05) is 60.4 Å². The fraction of sp³-hybridized carbons (Fsp3) is 0.310. The minimum absolute atomic E-state index is 0.0422. The summed E-state index contributed by atoms with van der Waals surface area (Å²) >= 11 is 0. The number of anilines is 1. The van der Waals surface area contributed by atoms with E-state index in [2.05, 4.69) is 29.3 Å². The van der Waals surface area contributed by atoms with Crippen LogP contribution in [0, 0.1) is 12.8 Å². The first-order valence-electron chi connectivity index (χ1n) is 12.4. The van der Waals surface area contributed by atoms with Crippen LogP contribution in [0.5, 0.6) is 0 Å². The number of carbonyl (C=O) groups excluding carboxylic acids is 2. The maximum atomic E-state index is 13.1. The number of furan rings is 1. The van der Waals surface area contributed by atoms with Gasteiger partial charge in [0.25, 0.3) is 5.91 Å². The van der Waals surface area contributed by atoms with E-state index in [1.54, 1.807) is 6.08 Å². The average molecular weight is 486 g/mol. The summed E-state index contributed by atoms with van der Waals surface area (Å²) in [5.74, 6) is 1.45. The Hall–Kier alpha value is -4.00.